The van der Waals surface area contributed by atoms with Crippen molar-refractivity contribution in [3.63, 3.8) is 0 Å². The number of aryl methyl sites for hydroxylation is 3. The van der Waals surface area contributed by atoms with Gasteiger partial charge in [-0.1, -0.05) is 29.8 Å². The molecule has 0 bridgehead atoms. The van der Waals surface area contributed by atoms with E-state index in [1.807, 2.05) is 31.2 Å². The largest absolute Gasteiger partial charge is 0.442 e. The predicted octanol–water partition coefficient (Wildman–Crippen LogP) is 2.07. The lowest BCUT2D eigenvalue weighted by Crippen LogP contribution is -2.25. The quantitative estimate of drug-likeness (QED) is 0.803. The van der Waals surface area contributed by atoms with Crippen LogP contribution >= 0.6 is 0 Å². The van der Waals surface area contributed by atoms with E-state index < -0.39 is 0 Å². The van der Waals surface area contributed by atoms with Gasteiger partial charge in [0.1, 0.15) is 17.5 Å². The Hall–Kier alpha value is -2.89. The second-order valence-corrected chi connectivity index (χ2v) is 5.54. The average Bonchev–Trinajstić information content (AvgIpc) is 2.87. The molecule has 0 unspecified atom stereocenters. The van der Waals surface area contributed by atoms with Crippen LogP contribution in [0.25, 0.3) is 11.1 Å². The molecule has 0 saturated carbocycles. The Morgan fingerprint density at radius 3 is 2.65 bits per heavy atom. The smallest absolute Gasteiger partial charge is 0.265 e. The lowest BCUT2D eigenvalue weighted by molar-refractivity contribution is 0.0950. The third-order valence-electron chi connectivity index (χ3n) is 3.75. The summed E-state index contributed by atoms with van der Waals surface area (Å²) in [6.45, 7) is 4.04. The summed E-state index contributed by atoms with van der Waals surface area (Å²) in [5.74, 6) is 0.0455. The van der Waals surface area contributed by atoms with E-state index >= 15 is 0 Å². The van der Waals surface area contributed by atoms with Gasteiger partial charge in [-0.3, -0.25) is 9.59 Å². The number of benzene rings is 1. The highest BCUT2D eigenvalue weighted by atomic mass is 16.3. The monoisotopic (exact) mass is 311 g/mol. The zero-order valence-corrected chi connectivity index (χ0v) is 13.2. The molecule has 3 aromatic rings. The highest BCUT2D eigenvalue weighted by Gasteiger charge is 2.22. The molecular formula is C17H17N3O3. The van der Waals surface area contributed by atoms with Gasteiger partial charge in [0.15, 0.2) is 0 Å². The van der Waals surface area contributed by atoms with Crippen LogP contribution in [0.15, 0.2) is 39.8 Å². The van der Waals surface area contributed by atoms with Gasteiger partial charge >= 0.3 is 0 Å². The predicted molar refractivity (Wildman–Crippen MR) is 86.3 cm³/mol. The number of furan rings is 1. The van der Waals surface area contributed by atoms with Gasteiger partial charge in [-0.25, -0.2) is 4.98 Å². The minimum absolute atomic E-state index is 0.186. The molecule has 0 aliphatic heterocycles. The van der Waals surface area contributed by atoms with E-state index in [4.69, 9.17) is 4.42 Å². The van der Waals surface area contributed by atoms with E-state index in [2.05, 4.69) is 10.3 Å². The van der Waals surface area contributed by atoms with Crippen molar-refractivity contribution in [1.29, 1.82) is 0 Å². The summed E-state index contributed by atoms with van der Waals surface area (Å²) in [4.78, 5) is 28.8. The summed E-state index contributed by atoms with van der Waals surface area (Å²) in [5.41, 5.74) is 2.28. The normalized spacial score (nSPS) is 10.9. The fourth-order valence-corrected chi connectivity index (χ4v) is 2.44. The fourth-order valence-electron chi connectivity index (χ4n) is 2.44. The molecule has 6 nitrogen and oxygen atoms in total. The Balaban J connectivity index is 1.92. The van der Waals surface area contributed by atoms with Crippen LogP contribution in [0.3, 0.4) is 0 Å². The number of amides is 1. The minimum atomic E-state index is -0.341. The first-order valence-corrected chi connectivity index (χ1v) is 7.26. The van der Waals surface area contributed by atoms with Gasteiger partial charge in [-0.05, 0) is 19.4 Å². The van der Waals surface area contributed by atoms with Crippen molar-refractivity contribution in [2.24, 2.45) is 7.05 Å². The maximum atomic E-state index is 12.5. The topological polar surface area (TPSA) is 77.1 Å². The minimum Gasteiger partial charge on any atom is -0.442 e. The molecule has 0 fully saturated rings. The third-order valence-corrected chi connectivity index (χ3v) is 3.75. The van der Waals surface area contributed by atoms with Crippen LogP contribution in [0, 0.1) is 13.8 Å². The molecule has 118 valence electrons. The molecule has 0 saturated heterocycles. The molecule has 1 aromatic carbocycles. The second kappa shape index (κ2) is 5.72. The van der Waals surface area contributed by atoms with Crippen molar-refractivity contribution in [2.75, 3.05) is 0 Å². The second-order valence-electron chi connectivity index (χ2n) is 5.54. The Bertz CT molecular complexity index is 936. The standard InChI is InChI=1S/C17H17N3O3/c1-10-4-6-12(7-5-10)8-18-15(21)13-11(2)23-16-14(13)17(22)20(3)9-19-16/h4-7,9H,8H2,1-3H3,(H,18,21). The molecule has 23 heavy (non-hydrogen) atoms. The first kappa shape index (κ1) is 15.0. The van der Waals surface area contributed by atoms with Crippen LogP contribution < -0.4 is 10.9 Å². The molecule has 2 heterocycles. The Morgan fingerprint density at radius 1 is 1.26 bits per heavy atom. The average molecular weight is 311 g/mol. The number of aromatic nitrogens is 2. The van der Waals surface area contributed by atoms with Crippen LogP contribution in [0.4, 0.5) is 0 Å². The van der Waals surface area contributed by atoms with Gasteiger partial charge in [0.25, 0.3) is 11.5 Å². The highest BCUT2D eigenvalue weighted by molar-refractivity contribution is 6.06. The summed E-state index contributed by atoms with van der Waals surface area (Å²) in [5, 5.41) is 3.04. The number of carbonyl (C=O) groups excluding carboxylic acids is 1. The zero-order valence-electron chi connectivity index (χ0n) is 13.2. The van der Waals surface area contributed by atoms with Gasteiger partial charge < -0.3 is 14.3 Å². The molecule has 0 aliphatic carbocycles. The molecule has 1 N–H and O–H groups in total. The van der Waals surface area contributed by atoms with E-state index in [0.717, 1.165) is 11.1 Å². The van der Waals surface area contributed by atoms with Crippen molar-refractivity contribution in [3.8, 4) is 0 Å². The van der Waals surface area contributed by atoms with E-state index in [1.165, 1.54) is 10.9 Å². The van der Waals surface area contributed by atoms with Gasteiger partial charge in [-0.15, -0.1) is 0 Å². The third kappa shape index (κ3) is 2.75. The number of fused-ring (bicyclic) bond motifs is 1. The van der Waals surface area contributed by atoms with E-state index in [0.29, 0.717) is 12.3 Å². The number of hydrogen-bond acceptors (Lipinski definition) is 4. The first-order chi connectivity index (χ1) is 11.0. The van der Waals surface area contributed by atoms with Crippen molar-refractivity contribution >= 4 is 17.0 Å². The lowest BCUT2D eigenvalue weighted by atomic mass is 10.1. The van der Waals surface area contributed by atoms with Crippen LogP contribution in [0.1, 0.15) is 27.2 Å². The number of hydrogen-bond donors (Lipinski definition) is 1. The molecule has 0 spiro atoms. The van der Waals surface area contributed by atoms with Crippen LogP contribution in [-0.4, -0.2) is 15.5 Å². The molecule has 6 heteroatoms. The van der Waals surface area contributed by atoms with E-state index in [-0.39, 0.29) is 28.1 Å². The highest BCUT2D eigenvalue weighted by Crippen LogP contribution is 2.20. The Kier molecular flexibility index (Phi) is 3.73. The van der Waals surface area contributed by atoms with Crippen LogP contribution in [-0.2, 0) is 13.6 Å². The maximum absolute atomic E-state index is 12.5. The first-order valence-electron chi connectivity index (χ1n) is 7.26. The molecule has 1 amide bonds. The van der Waals surface area contributed by atoms with Crippen LogP contribution in [0.5, 0.6) is 0 Å². The summed E-state index contributed by atoms with van der Waals surface area (Å²) in [7, 11) is 1.59. The zero-order chi connectivity index (χ0) is 16.6. The van der Waals surface area contributed by atoms with Gasteiger partial charge in [0.05, 0.1) is 5.56 Å². The van der Waals surface area contributed by atoms with Crippen molar-refractivity contribution in [1.82, 2.24) is 14.9 Å². The molecule has 2 aromatic heterocycles. The fraction of sp³-hybridized carbons (Fsp3) is 0.235. The van der Waals surface area contributed by atoms with Crippen LogP contribution in [0.2, 0.25) is 0 Å². The molecule has 0 radical (unpaired) electrons. The molecule has 3 rings (SSSR count). The Labute approximate surface area is 132 Å². The summed E-state index contributed by atoms with van der Waals surface area (Å²) in [6, 6.07) is 7.88. The number of carbonyl (C=O) groups is 1. The molecular weight excluding hydrogens is 294 g/mol. The lowest BCUT2D eigenvalue weighted by Gasteiger charge is -2.05. The number of nitrogens with one attached hydrogen (secondary N) is 1. The van der Waals surface area contributed by atoms with Crippen molar-refractivity contribution in [2.45, 2.75) is 20.4 Å². The summed E-state index contributed by atoms with van der Waals surface area (Å²) >= 11 is 0. The summed E-state index contributed by atoms with van der Waals surface area (Å²) < 4.78 is 6.77. The van der Waals surface area contributed by atoms with Gasteiger partial charge in [-0.2, -0.15) is 0 Å². The summed E-state index contributed by atoms with van der Waals surface area (Å²) in [6.07, 6.45) is 1.38. The molecule has 0 aliphatic rings. The Morgan fingerprint density at radius 2 is 1.96 bits per heavy atom. The van der Waals surface area contributed by atoms with Crippen molar-refractivity contribution < 1.29 is 9.21 Å². The SMILES string of the molecule is Cc1ccc(CNC(=O)c2c(C)oc3ncn(C)c(=O)c23)cc1. The number of nitrogens with zero attached hydrogens (tertiary/aromatic N) is 2. The van der Waals surface area contributed by atoms with E-state index in [9.17, 15) is 9.59 Å². The number of rotatable bonds is 3. The van der Waals surface area contributed by atoms with Gasteiger partial charge in [0.2, 0.25) is 5.71 Å². The van der Waals surface area contributed by atoms with E-state index in [1.54, 1.807) is 14.0 Å². The maximum Gasteiger partial charge on any atom is 0.265 e. The van der Waals surface area contributed by atoms with Crippen molar-refractivity contribution in [3.05, 3.63) is 63.4 Å². The molecule has 0 atom stereocenters. The van der Waals surface area contributed by atoms with Gasteiger partial charge in [0, 0.05) is 13.6 Å².